The van der Waals surface area contributed by atoms with E-state index in [2.05, 4.69) is 0 Å². The molecule has 1 radical (unpaired) electrons. The van der Waals surface area contributed by atoms with Crippen LogP contribution >= 0.6 is 18.1 Å². The molecule has 0 aromatic carbocycles. The average molecular weight is 136 g/mol. The molecule has 0 aromatic heterocycles. The van der Waals surface area contributed by atoms with Gasteiger partial charge in [0.05, 0.1) is 0 Å². The summed E-state index contributed by atoms with van der Waals surface area (Å²) in [6.07, 6.45) is 1.50. The zero-order chi connectivity index (χ0) is 5.41. The van der Waals surface area contributed by atoms with Crippen LogP contribution in [0, 0.1) is 6.58 Å². The SMILES string of the molecule is [CH]=CC.[Cl][Mg][Cl]. The Morgan fingerprint density at radius 3 is 1.67 bits per heavy atom. The Morgan fingerprint density at radius 2 is 1.67 bits per heavy atom. The Balaban J connectivity index is 0. The topological polar surface area (TPSA) is 0 Å². The maximum Gasteiger partial charge on any atom is 0.618 e. The van der Waals surface area contributed by atoms with E-state index in [0.717, 1.165) is 0 Å². The monoisotopic (exact) mass is 135 g/mol. The fourth-order valence-electron chi connectivity index (χ4n) is 0. The fraction of sp³-hybridized carbons (Fsp3) is 0.333. The Labute approximate surface area is 55.8 Å². The van der Waals surface area contributed by atoms with E-state index < -0.39 is 18.2 Å². The Hall–Kier alpha value is 1.09. The number of hydrogen-bond donors (Lipinski definition) is 0. The summed E-state index contributed by atoms with van der Waals surface area (Å²) in [6, 6.07) is 0. The van der Waals surface area contributed by atoms with Gasteiger partial charge in [-0.15, -0.1) is 0 Å². The highest BCUT2D eigenvalue weighted by Crippen LogP contribution is 1.67. The molecule has 0 aromatic rings. The third kappa shape index (κ3) is 72.0. The molecule has 0 fully saturated rings. The number of allylic oxidation sites excluding steroid dienone is 1. The molecule has 0 saturated heterocycles. The van der Waals surface area contributed by atoms with Crippen LogP contribution in [0.25, 0.3) is 0 Å². The van der Waals surface area contributed by atoms with E-state index in [1.807, 2.05) is 0 Å². The van der Waals surface area contributed by atoms with Crippen molar-refractivity contribution in [3.8, 4) is 0 Å². The highest BCUT2D eigenvalue weighted by Gasteiger charge is 1.64. The van der Waals surface area contributed by atoms with Gasteiger partial charge < -0.3 is 18.1 Å². The van der Waals surface area contributed by atoms with Gasteiger partial charge in [-0.3, -0.25) is 0 Å². The van der Waals surface area contributed by atoms with Crippen LogP contribution in [0.2, 0.25) is 0 Å². The van der Waals surface area contributed by atoms with Crippen LogP contribution in [0.3, 0.4) is 0 Å². The van der Waals surface area contributed by atoms with Crippen LogP contribution in [-0.2, 0) is 0 Å². The molecule has 33 valence electrons. The minimum atomic E-state index is -0.639. The van der Waals surface area contributed by atoms with E-state index in [-0.39, 0.29) is 0 Å². The molecule has 0 aliphatic rings. The van der Waals surface area contributed by atoms with Gasteiger partial charge in [-0.25, -0.2) is 0 Å². The van der Waals surface area contributed by atoms with Gasteiger partial charge in [0.1, 0.15) is 0 Å². The molecule has 0 amide bonds. The lowest BCUT2D eigenvalue weighted by molar-refractivity contribution is 1.78. The van der Waals surface area contributed by atoms with E-state index >= 15 is 0 Å². The molecule has 0 aliphatic carbocycles. The van der Waals surface area contributed by atoms with Gasteiger partial charge in [-0.05, 0) is 6.92 Å². The fourth-order valence-corrected chi connectivity index (χ4v) is 0. The molecule has 0 nitrogen and oxygen atoms in total. The van der Waals surface area contributed by atoms with Crippen molar-refractivity contribution in [2.24, 2.45) is 0 Å². The van der Waals surface area contributed by atoms with Gasteiger partial charge in [0.15, 0.2) is 0 Å². The summed E-state index contributed by atoms with van der Waals surface area (Å²) in [4.78, 5) is 0. The highest BCUT2D eigenvalue weighted by molar-refractivity contribution is 7.22. The summed E-state index contributed by atoms with van der Waals surface area (Å²) in [5.74, 6) is 0. The smallest absolute Gasteiger partial charge is 0.309 e. The minimum Gasteiger partial charge on any atom is -0.309 e. The molecule has 6 heavy (non-hydrogen) atoms. The predicted molar refractivity (Wildman–Crippen MR) is 32.0 cm³/mol. The third-order valence-corrected chi connectivity index (χ3v) is 0. The lowest BCUT2D eigenvalue weighted by Gasteiger charge is -1.33. The standard InChI is InChI=1S/C3H5.2ClH.Mg/c1-3-2;;;/h1,3H,2H3;2*1H;/q;;;+2/p-2. The van der Waals surface area contributed by atoms with Crippen molar-refractivity contribution >= 4 is 36.3 Å². The zero-order valence-corrected chi connectivity index (χ0v) is 6.54. The first-order valence-electron chi connectivity index (χ1n) is 1.45. The van der Waals surface area contributed by atoms with Gasteiger partial charge in [-0.2, -0.15) is 0 Å². The third-order valence-electron chi connectivity index (χ3n) is 0. The van der Waals surface area contributed by atoms with Crippen molar-refractivity contribution in [1.29, 1.82) is 0 Å². The van der Waals surface area contributed by atoms with Gasteiger partial charge in [-0.1, -0.05) is 12.7 Å². The predicted octanol–water partition coefficient (Wildman–Crippen LogP) is 1.99. The first kappa shape index (κ1) is 10.1. The van der Waals surface area contributed by atoms with Crippen LogP contribution in [0.15, 0.2) is 6.08 Å². The molecule has 0 aliphatic heterocycles. The van der Waals surface area contributed by atoms with E-state index in [4.69, 9.17) is 24.7 Å². The van der Waals surface area contributed by atoms with Crippen LogP contribution in [0.4, 0.5) is 0 Å². The van der Waals surface area contributed by atoms with Crippen molar-refractivity contribution in [3.63, 3.8) is 0 Å². The molecule has 0 rings (SSSR count). The first-order valence-corrected chi connectivity index (χ1v) is 5.72. The molecule has 0 unspecified atom stereocenters. The summed E-state index contributed by atoms with van der Waals surface area (Å²) < 4.78 is 0. The Morgan fingerprint density at radius 1 is 1.67 bits per heavy atom. The highest BCUT2D eigenvalue weighted by atomic mass is 35.6. The van der Waals surface area contributed by atoms with Crippen molar-refractivity contribution < 1.29 is 0 Å². The lowest BCUT2D eigenvalue weighted by atomic mass is 10.8. The van der Waals surface area contributed by atoms with E-state index in [0.29, 0.717) is 0 Å². The molecule has 0 saturated carbocycles. The Kier molecular flexibility index (Phi) is 28.0. The molecular formula is C3H5Cl2Mg. The second-order valence-corrected chi connectivity index (χ2v) is 3.06. The van der Waals surface area contributed by atoms with Gasteiger partial charge in [0, 0.05) is 0 Å². The molecule has 0 bridgehead atoms. The second kappa shape index (κ2) is 16.5. The number of halogens is 2. The minimum absolute atomic E-state index is 0.639. The van der Waals surface area contributed by atoms with Crippen LogP contribution in [-0.4, -0.2) is 18.2 Å². The quantitative estimate of drug-likeness (QED) is 0.447. The van der Waals surface area contributed by atoms with Gasteiger partial charge in [0.2, 0.25) is 0 Å². The maximum absolute atomic E-state index is 4.90. The van der Waals surface area contributed by atoms with E-state index in [9.17, 15) is 0 Å². The summed E-state index contributed by atoms with van der Waals surface area (Å²) >= 11 is -0.639. The second-order valence-electron chi connectivity index (χ2n) is 0.434. The largest absolute Gasteiger partial charge is 0.618 e. The summed E-state index contributed by atoms with van der Waals surface area (Å²) in [5, 5.41) is 0. The molecule has 0 spiro atoms. The normalized spacial score (nSPS) is 3.83. The lowest BCUT2D eigenvalue weighted by Crippen LogP contribution is -1.36. The number of hydrogen-bond acceptors (Lipinski definition) is 0. The van der Waals surface area contributed by atoms with E-state index in [1.165, 1.54) is 6.08 Å². The van der Waals surface area contributed by atoms with Crippen molar-refractivity contribution in [2.45, 2.75) is 6.92 Å². The average Bonchev–Trinajstić information content (AvgIpc) is 1.39. The van der Waals surface area contributed by atoms with Crippen LogP contribution in [0.5, 0.6) is 0 Å². The number of rotatable bonds is 0. The van der Waals surface area contributed by atoms with Crippen molar-refractivity contribution in [1.82, 2.24) is 0 Å². The molecule has 0 N–H and O–H groups in total. The molecule has 0 heterocycles. The summed E-state index contributed by atoms with van der Waals surface area (Å²) in [5.41, 5.74) is 0. The van der Waals surface area contributed by atoms with E-state index in [1.54, 1.807) is 6.92 Å². The molecular weight excluding hydrogens is 131 g/mol. The first-order chi connectivity index (χ1) is 2.83. The summed E-state index contributed by atoms with van der Waals surface area (Å²) in [6.45, 7) is 6.50. The van der Waals surface area contributed by atoms with Gasteiger partial charge >= 0.3 is 18.2 Å². The molecule has 0 atom stereocenters. The Bertz CT molecular complexity index is 22.8. The van der Waals surface area contributed by atoms with Crippen LogP contribution in [0.1, 0.15) is 6.92 Å². The zero-order valence-electron chi connectivity index (χ0n) is 3.62. The van der Waals surface area contributed by atoms with Gasteiger partial charge in [0.25, 0.3) is 0 Å². The van der Waals surface area contributed by atoms with Crippen molar-refractivity contribution in [2.75, 3.05) is 0 Å². The van der Waals surface area contributed by atoms with Crippen molar-refractivity contribution in [3.05, 3.63) is 12.7 Å². The molecule has 3 heteroatoms. The summed E-state index contributed by atoms with van der Waals surface area (Å²) in [7, 11) is 9.81. The maximum atomic E-state index is 4.90. The van der Waals surface area contributed by atoms with Crippen LogP contribution < -0.4 is 0 Å².